The van der Waals surface area contributed by atoms with Gasteiger partial charge in [0.15, 0.2) is 12.6 Å². The highest BCUT2D eigenvalue weighted by Gasteiger charge is 2.53. The van der Waals surface area contributed by atoms with Gasteiger partial charge in [0.2, 0.25) is 5.91 Å². The zero-order valence-electron chi connectivity index (χ0n) is 34.4. The molecule has 0 aliphatic carbocycles. The lowest BCUT2D eigenvalue weighted by Gasteiger charge is -2.49. The molecule has 15 nitrogen and oxygen atoms in total. The second-order valence-corrected chi connectivity index (χ2v) is 16.7. The first kappa shape index (κ1) is 45.9. The van der Waals surface area contributed by atoms with Gasteiger partial charge in [0.05, 0.1) is 47.6 Å². The van der Waals surface area contributed by atoms with E-state index in [1.807, 2.05) is 32.8 Å². The fourth-order valence-corrected chi connectivity index (χ4v) is 8.42. The molecule has 0 aromatic heterocycles. The van der Waals surface area contributed by atoms with Crippen LogP contribution in [0, 0.1) is 17.8 Å². The Bertz CT molecular complexity index is 1210. The van der Waals surface area contributed by atoms with Gasteiger partial charge in [-0.15, -0.1) is 0 Å². The number of ether oxygens (including phenoxy) is 7. The second-order valence-electron chi connectivity index (χ2n) is 16.7. The van der Waals surface area contributed by atoms with Crippen molar-refractivity contribution in [2.45, 2.75) is 185 Å². The van der Waals surface area contributed by atoms with Gasteiger partial charge in [0.25, 0.3) is 0 Å². The third kappa shape index (κ3) is 10.1. The number of likely N-dealkylation sites (N-methyl/N-ethyl adjacent to an activating group) is 1. The molecule has 3 fully saturated rings. The van der Waals surface area contributed by atoms with Gasteiger partial charge in [0, 0.05) is 38.5 Å². The summed E-state index contributed by atoms with van der Waals surface area (Å²) in [6.45, 7) is 17.0. The smallest absolute Gasteiger partial charge is 0.311 e. The fraction of sp³-hybridized carbons (Fsp3) is 0.947. The van der Waals surface area contributed by atoms with Crippen molar-refractivity contribution in [1.29, 1.82) is 0 Å². The van der Waals surface area contributed by atoms with Crippen molar-refractivity contribution in [2.24, 2.45) is 17.8 Å². The summed E-state index contributed by atoms with van der Waals surface area (Å²) in [5, 5.41) is 48.3. The fourth-order valence-electron chi connectivity index (χ4n) is 8.42. The van der Waals surface area contributed by atoms with E-state index in [0.717, 1.165) is 0 Å². The van der Waals surface area contributed by atoms with Crippen molar-refractivity contribution in [2.75, 3.05) is 28.3 Å². The summed E-state index contributed by atoms with van der Waals surface area (Å²) < 4.78 is 43.9. The van der Waals surface area contributed by atoms with Crippen LogP contribution in [0.2, 0.25) is 0 Å². The standard InChI is InChI=1S/C38H70N2O13/c1-15-26-38(10,46)30(42)23(6)39-33(44)19(2)17-37(9,48-14)32(53-35-28(41)25(40(11)12)16-20(3)49-35)21(4)29(22(5)34(45)51-26)52-27-18-36(8,47-13)31(43)24(7)50-27/h19-32,35,41-43,46H,15-18H2,1-14H3,(H,39,44)/t19-,20-,21-,22-,23-,24+,25+,26?,27+,28-,29+,30-,31+,32-,35+,36-,37-,38-/m1/s1. The van der Waals surface area contributed by atoms with E-state index >= 15 is 0 Å². The van der Waals surface area contributed by atoms with Gasteiger partial charge in [-0.25, -0.2) is 0 Å². The Labute approximate surface area is 316 Å². The molecule has 3 rings (SSSR count). The normalized spacial score (nSPS) is 48.4. The van der Waals surface area contributed by atoms with Crippen LogP contribution in [0.25, 0.3) is 0 Å². The zero-order valence-corrected chi connectivity index (χ0v) is 34.4. The van der Waals surface area contributed by atoms with Crippen LogP contribution in [-0.4, -0.2) is 156 Å². The molecule has 1 unspecified atom stereocenters. The molecule has 0 saturated carbocycles. The summed E-state index contributed by atoms with van der Waals surface area (Å²) >= 11 is 0. The van der Waals surface area contributed by atoms with Gasteiger partial charge in [-0.05, 0) is 81.8 Å². The van der Waals surface area contributed by atoms with Crippen molar-refractivity contribution in [3.63, 3.8) is 0 Å². The third-order valence-electron chi connectivity index (χ3n) is 12.2. The zero-order chi connectivity index (χ0) is 40.4. The maximum Gasteiger partial charge on any atom is 0.311 e. The van der Waals surface area contributed by atoms with Crippen LogP contribution in [0.3, 0.4) is 0 Å². The molecule has 3 saturated heterocycles. The average molecular weight is 763 g/mol. The number of aliphatic hydroxyl groups is 4. The minimum atomic E-state index is -1.94. The molecule has 53 heavy (non-hydrogen) atoms. The van der Waals surface area contributed by atoms with Crippen LogP contribution >= 0.6 is 0 Å². The number of hydrogen-bond acceptors (Lipinski definition) is 14. The Morgan fingerprint density at radius 3 is 2.04 bits per heavy atom. The molecule has 5 N–H and O–H groups in total. The lowest BCUT2D eigenvalue weighted by Crippen LogP contribution is -2.61. The molecule has 0 aromatic rings. The Hall–Kier alpha value is -1.50. The van der Waals surface area contributed by atoms with Crippen molar-refractivity contribution in [3.8, 4) is 0 Å². The van der Waals surface area contributed by atoms with Crippen molar-refractivity contribution >= 4 is 11.9 Å². The van der Waals surface area contributed by atoms with E-state index in [0.29, 0.717) is 6.42 Å². The van der Waals surface area contributed by atoms with Crippen LogP contribution in [0.15, 0.2) is 0 Å². The van der Waals surface area contributed by atoms with E-state index < -0.39 is 108 Å². The highest BCUT2D eigenvalue weighted by molar-refractivity contribution is 5.78. The Morgan fingerprint density at radius 2 is 1.49 bits per heavy atom. The molecular weight excluding hydrogens is 692 g/mol. The predicted octanol–water partition coefficient (Wildman–Crippen LogP) is 1.74. The highest BCUT2D eigenvalue weighted by Crippen LogP contribution is 2.41. The molecule has 15 heteroatoms. The van der Waals surface area contributed by atoms with Crippen molar-refractivity contribution < 1.29 is 63.2 Å². The van der Waals surface area contributed by atoms with Gasteiger partial charge in [0.1, 0.15) is 30.0 Å². The first-order chi connectivity index (χ1) is 24.5. The molecule has 310 valence electrons. The lowest BCUT2D eigenvalue weighted by atomic mass is 9.77. The number of hydrogen-bond donors (Lipinski definition) is 5. The van der Waals surface area contributed by atoms with Crippen LogP contribution < -0.4 is 5.32 Å². The number of carbonyl (C=O) groups is 2. The molecule has 0 bridgehead atoms. The van der Waals surface area contributed by atoms with Gasteiger partial charge < -0.3 is 63.8 Å². The number of esters is 1. The van der Waals surface area contributed by atoms with E-state index in [4.69, 9.17) is 33.2 Å². The van der Waals surface area contributed by atoms with E-state index in [1.54, 1.807) is 48.5 Å². The van der Waals surface area contributed by atoms with E-state index in [9.17, 15) is 30.0 Å². The van der Waals surface area contributed by atoms with E-state index in [-0.39, 0.29) is 31.4 Å². The van der Waals surface area contributed by atoms with Gasteiger partial charge in [-0.1, -0.05) is 20.8 Å². The minimum absolute atomic E-state index is 0.104. The van der Waals surface area contributed by atoms with Crippen LogP contribution in [0.4, 0.5) is 0 Å². The molecule has 0 radical (unpaired) electrons. The monoisotopic (exact) mass is 762 g/mol. The number of aliphatic hydroxyl groups excluding tert-OH is 3. The summed E-state index contributed by atoms with van der Waals surface area (Å²) in [6.07, 6.45) is -8.77. The number of rotatable bonds is 8. The summed E-state index contributed by atoms with van der Waals surface area (Å²) in [5.74, 6) is -3.58. The van der Waals surface area contributed by atoms with E-state index in [2.05, 4.69) is 5.32 Å². The number of nitrogens with zero attached hydrogens (tertiary/aromatic N) is 1. The summed E-state index contributed by atoms with van der Waals surface area (Å²) in [4.78, 5) is 29.9. The first-order valence-electron chi connectivity index (χ1n) is 19.1. The van der Waals surface area contributed by atoms with Crippen molar-refractivity contribution in [3.05, 3.63) is 0 Å². The average Bonchev–Trinajstić information content (AvgIpc) is 3.09. The van der Waals surface area contributed by atoms with Gasteiger partial charge in [-0.3, -0.25) is 9.59 Å². The SMILES string of the molecule is CCC1OC(=O)[C@H](C)[C@@H](O[C@H]2C[C@@](C)(OC)[C@@H](O)[C@H](C)O2)[C@@H](C)[C@@H](O[C@@H]2O[C@H](C)C[C@H](N(C)C)[C@H]2O)[C@](C)(OC)C[C@@H](C)C(=O)N[C@H](C)[C@@H](O)[C@]1(C)O. The van der Waals surface area contributed by atoms with Gasteiger partial charge in [-0.2, -0.15) is 0 Å². The van der Waals surface area contributed by atoms with Gasteiger partial charge >= 0.3 is 5.97 Å². The Morgan fingerprint density at radius 1 is 0.887 bits per heavy atom. The predicted molar refractivity (Wildman–Crippen MR) is 194 cm³/mol. The second kappa shape index (κ2) is 18.2. The third-order valence-corrected chi connectivity index (χ3v) is 12.2. The summed E-state index contributed by atoms with van der Waals surface area (Å²) in [5.41, 5.74) is -4.23. The van der Waals surface area contributed by atoms with Crippen molar-refractivity contribution in [1.82, 2.24) is 10.2 Å². The first-order valence-corrected chi connectivity index (χ1v) is 19.1. The maximum absolute atomic E-state index is 14.2. The number of carbonyl (C=O) groups excluding carboxylic acids is 2. The Kier molecular flexibility index (Phi) is 15.7. The number of nitrogens with one attached hydrogen (secondary N) is 1. The molecule has 3 aliphatic rings. The molecule has 3 aliphatic heterocycles. The minimum Gasteiger partial charge on any atom is -0.459 e. The topological polar surface area (TPSA) is 195 Å². The molecular formula is C38H70N2O13. The summed E-state index contributed by atoms with van der Waals surface area (Å²) in [7, 11) is 6.76. The van der Waals surface area contributed by atoms with Crippen LogP contribution in [0.1, 0.15) is 94.9 Å². The number of methoxy groups -OCH3 is 2. The molecule has 18 atom stereocenters. The molecule has 1 amide bonds. The molecule has 0 spiro atoms. The molecule has 3 heterocycles. The largest absolute Gasteiger partial charge is 0.459 e. The summed E-state index contributed by atoms with van der Waals surface area (Å²) in [6, 6.07) is -1.21. The maximum atomic E-state index is 14.2. The number of amides is 1. The number of cyclic esters (lactones) is 1. The quantitative estimate of drug-likeness (QED) is 0.225. The van der Waals surface area contributed by atoms with Crippen LogP contribution in [0.5, 0.6) is 0 Å². The van der Waals surface area contributed by atoms with Crippen LogP contribution in [-0.2, 0) is 42.7 Å². The Balaban J connectivity index is 2.22. The van der Waals surface area contributed by atoms with E-state index in [1.165, 1.54) is 21.1 Å². The lowest BCUT2D eigenvalue weighted by molar-refractivity contribution is -0.319. The highest BCUT2D eigenvalue weighted by atomic mass is 16.7. The molecule has 0 aromatic carbocycles.